The maximum Gasteiger partial charge on any atom is 0.265 e. The number of carbonyl (C=O) groups is 1. The van der Waals surface area contributed by atoms with Gasteiger partial charge < -0.3 is 4.52 Å². The van der Waals surface area contributed by atoms with E-state index >= 15 is 0 Å². The quantitative estimate of drug-likeness (QED) is 0.352. The van der Waals surface area contributed by atoms with Gasteiger partial charge in [-0.3, -0.25) is 4.79 Å². The number of sulfonamides is 1. The van der Waals surface area contributed by atoms with Gasteiger partial charge in [-0.1, -0.05) is 53.2 Å². The van der Waals surface area contributed by atoms with Gasteiger partial charge in [-0.15, -0.1) is 11.3 Å². The molecule has 0 unspecified atom stereocenters. The van der Waals surface area contributed by atoms with Crippen LogP contribution in [0.5, 0.6) is 0 Å². The minimum absolute atomic E-state index is 0.0829. The smallest absolute Gasteiger partial charge is 0.265 e. The van der Waals surface area contributed by atoms with Crippen molar-refractivity contribution in [2.24, 2.45) is 0 Å². The van der Waals surface area contributed by atoms with Crippen molar-refractivity contribution in [1.82, 2.24) is 5.16 Å². The number of aryl methyl sites for hydroxylation is 2. The van der Waals surface area contributed by atoms with E-state index in [0.29, 0.717) is 27.3 Å². The molecular formula is C24H22N2O4S2. The lowest BCUT2D eigenvalue weighted by atomic mass is 9.92. The highest BCUT2D eigenvalue weighted by molar-refractivity contribution is 7.93. The molecule has 0 atom stereocenters. The number of nitrogens with one attached hydrogen (secondary N) is 1. The van der Waals surface area contributed by atoms with E-state index in [2.05, 4.69) is 9.88 Å². The SMILES string of the molecule is CC(=O)c1c(-c2ccc(C)cc2)cccc1-c1sccc1S(=O)(=O)Nc1onc(C)c1C. The average Bonchev–Trinajstić information content (AvgIpc) is 3.37. The highest BCUT2D eigenvalue weighted by atomic mass is 32.2. The van der Waals surface area contributed by atoms with Crippen molar-refractivity contribution < 1.29 is 17.7 Å². The van der Waals surface area contributed by atoms with Crippen molar-refractivity contribution in [3.63, 3.8) is 0 Å². The maximum absolute atomic E-state index is 13.2. The van der Waals surface area contributed by atoms with Gasteiger partial charge in [0.15, 0.2) is 5.78 Å². The topological polar surface area (TPSA) is 89.3 Å². The summed E-state index contributed by atoms with van der Waals surface area (Å²) in [6.45, 7) is 6.97. The molecule has 8 heteroatoms. The lowest BCUT2D eigenvalue weighted by molar-refractivity contribution is 0.101. The third kappa shape index (κ3) is 3.99. The predicted molar refractivity (Wildman–Crippen MR) is 127 cm³/mol. The van der Waals surface area contributed by atoms with Gasteiger partial charge in [0.05, 0.1) is 10.6 Å². The molecule has 0 saturated carbocycles. The number of Topliss-reactive ketones (excluding diaryl/α,β-unsaturated/α-hetero) is 1. The molecule has 4 rings (SSSR count). The van der Waals surface area contributed by atoms with Gasteiger partial charge in [-0.05, 0) is 50.3 Å². The number of hydrogen-bond acceptors (Lipinski definition) is 6. The fourth-order valence-corrected chi connectivity index (χ4v) is 6.01. The summed E-state index contributed by atoms with van der Waals surface area (Å²) < 4.78 is 34.0. The van der Waals surface area contributed by atoms with Crippen LogP contribution in [-0.4, -0.2) is 19.4 Å². The molecule has 164 valence electrons. The Morgan fingerprint density at radius 1 is 1.00 bits per heavy atom. The Labute approximate surface area is 191 Å². The number of rotatable bonds is 6. The van der Waals surface area contributed by atoms with Gasteiger partial charge in [0, 0.05) is 16.7 Å². The normalized spacial score (nSPS) is 11.5. The van der Waals surface area contributed by atoms with E-state index in [1.807, 2.05) is 43.3 Å². The summed E-state index contributed by atoms with van der Waals surface area (Å²) in [4.78, 5) is 13.3. The van der Waals surface area contributed by atoms with Crippen LogP contribution in [0.3, 0.4) is 0 Å². The molecule has 0 fully saturated rings. The lowest BCUT2D eigenvalue weighted by Crippen LogP contribution is -2.13. The summed E-state index contributed by atoms with van der Waals surface area (Å²) in [7, 11) is -3.97. The Morgan fingerprint density at radius 3 is 2.31 bits per heavy atom. The summed E-state index contributed by atoms with van der Waals surface area (Å²) in [5.41, 5.74) is 5.08. The van der Waals surface area contributed by atoms with Gasteiger partial charge in [0.1, 0.15) is 4.90 Å². The van der Waals surface area contributed by atoms with Crippen LogP contribution in [0.4, 0.5) is 5.88 Å². The molecule has 2 aromatic heterocycles. The van der Waals surface area contributed by atoms with Gasteiger partial charge in [0.25, 0.3) is 10.0 Å². The van der Waals surface area contributed by atoms with Gasteiger partial charge in [-0.2, -0.15) is 0 Å². The van der Waals surface area contributed by atoms with Crippen molar-refractivity contribution in [3.8, 4) is 21.6 Å². The highest BCUT2D eigenvalue weighted by Crippen LogP contribution is 2.39. The highest BCUT2D eigenvalue weighted by Gasteiger charge is 2.26. The van der Waals surface area contributed by atoms with Gasteiger partial charge in [0.2, 0.25) is 5.88 Å². The summed E-state index contributed by atoms with van der Waals surface area (Å²) >= 11 is 1.27. The van der Waals surface area contributed by atoms with Crippen molar-refractivity contribution in [2.45, 2.75) is 32.6 Å². The fraction of sp³-hybridized carbons (Fsp3) is 0.167. The van der Waals surface area contributed by atoms with Crippen LogP contribution in [0.1, 0.15) is 34.1 Å². The van der Waals surface area contributed by atoms with Crippen LogP contribution in [0, 0.1) is 20.8 Å². The van der Waals surface area contributed by atoms with Crippen LogP contribution >= 0.6 is 11.3 Å². The molecule has 2 aromatic carbocycles. The Morgan fingerprint density at radius 2 is 1.69 bits per heavy atom. The third-order valence-electron chi connectivity index (χ3n) is 5.33. The van der Waals surface area contributed by atoms with Crippen LogP contribution in [0.2, 0.25) is 0 Å². The Balaban J connectivity index is 1.85. The molecule has 0 saturated heterocycles. The van der Waals surface area contributed by atoms with Crippen LogP contribution < -0.4 is 4.72 Å². The van der Waals surface area contributed by atoms with Crippen molar-refractivity contribution in [3.05, 3.63) is 76.3 Å². The molecule has 0 amide bonds. The monoisotopic (exact) mass is 466 g/mol. The molecule has 0 aliphatic carbocycles. The standard InChI is InChI=1S/C24H22N2O4S2/c1-14-8-10-18(11-9-14)19-6-5-7-20(22(19)17(4)27)23-21(12-13-31-23)32(28,29)26-24-15(2)16(3)25-30-24/h5-13,26H,1-4H3. The van der Waals surface area contributed by atoms with Crippen LogP contribution in [-0.2, 0) is 10.0 Å². The zero-order valence-electron chi connectivity index (χ0n) is 18.1. The number of anilines is 1. The first-order valence-electron chi connectivity index (χ1n) is 9.93. The minimum Gasteiger partial charge on any atom is -0.337 e. The molecule has 2 heterocycles. The first-order valence-corrected chi connectivity index (χ1v) is 12.3. The largest absolute Gasteiger partial charge is 0.337 e. The van der Waals surface area contributed by atoms with Crippen LogP contribution in [0.15, 0.2) is 63.3 Å². The first kappa shape index (κ1) is 22.0. The fourth-order valence-electron chi connectivity index (χ4n) is 3.49. The molecule has 6 nitrogen and oxygen atoms in total. The van der Waals surface area contributed by atoms with E-state index < -0.39 is 10.0 Å². The number of benzene rings is 2. The number of thiophene rings is 1. The number of nitrogens with zero attached hydrogens (tertiary/aromatic N) is 1. The molecule has 1 N–H and O–H groups in total. The van der Waals surface area contributed by atoms with Crippen molar-refractivity contribution in [2.75, 3.05) is 4.72 Å². The summed E-state index contributed by atoms with van der Waals surface area (Å²) in [6.07, 6.45) is 0. The van der Waals surface area contributed by atoms with E-state index in [9.17, 15) is 13.2 Å². The second-order valence-corrected chi connectivity index (χ2v) is 10.2. The van der Waals surface area contributed by atoms with Gasteiger partial charge >= 0.3 is 0 Å². The van der Waals surface area contributed by atoms with Crippen LogP contribution in [0.25, 0.3) is 21.6 Å². The number of hydrogen-bond donors (Lipinski definition) is 1. The van der Waals surface area contributed by atoms with Gasteiger partial charge in [-0.25, -0.2) is 13.1 Å². The zero-order chi connectivity index (χ0) is 23.0. The summed E-state index contributed by atoms with van der Waals surface area (Å²) in [6, 6.07) is 14.9. The number of ketones is 1. The molecule has 0 aliphatic rings. The molecule has 32 heavy (non-hydrogen) atoms. The molecule has 0 radical (unpaired) electrons. The number of carbonyl (C=O) groups excluding carboxylic acids is 1. The predicted octanol–water partition coefficient (Wildman–Crippen LogP) is 6.00. The Kier molecular flexibility index (Phi) is 5.75. The molecule has 0 bridgehead atoms. The summed E-state index contributed by atoms with van der Waals surface area (Å²) in [5, 5.41) is 5.51. The van der Waals surface area contributed by atoms with E-state index in [-0.39, 0.29) is 16.6 Å². The Hall–Kier alpha value is -3.23. The van der Waals surface area contributed by atoms with E-state index in [1.165, 1.54) is 24.3 Å². The lowest BCUT2D eigenvalue weighted by Gasteiger charge is -2.14. The number of aromatic nitrogens is 1. The Bertz CT molecular complexity index is 1410. The zero-order valence-corrected chi connectivity index (χ0v) is 19.7. The van der Waals surface area contributed by atoms with E-state index in [1.54, 1.807) is 25.3 Å². The minimum atomic E-state index is -3.97. The maximum atomic E-state index is 13.2. The molecule has 4 aromatic rings. The molecule has 0 aliphatic heterocycles. The molecule has 0 spiro atoms. The van der Waals surface area contributed by atoms with E-state index in [4.69, 9.17) is 4.52 Å². The summed E-state index contributed by atoms with van der Waals surface area (Å²) in [5.74, 6) is -0.0533. The second-order valence-electron chi connectivity index (χ2n) is 7.59. The second kappa shape index (κ2) is 8.37. The third-order valence-corrected chi connectivity index (χ3v) is 7.78. The van der Waals surface area contributed by atoms with Crippen molar-refractivity contribution in [1.29, 1.82) is 0 Å². The molecular weight excluding hydrogens is 444 g/mol. The van der Waals surface area contributed by atoms with E-state index in [0.717, 1.165) is 16.7 Å². The first-order chi connectivity index (χ1) is 15.2. The van der Waals surface area contributed by atoms with Crippen molar-refractivity contribution >= 4 is 33.0 Å². The average molecular weight is 467 g/mol.